The van der Waals surface area contributed by atoms with Crippen LogP contribution in [0, 0.1) is 5.82 Å². The number of nitrogens with zero attached hydrogens (tertiary/aromatic N) is 1. The van der Waals surface area contributed by atoms with Crippen molar-refractivity contribution in [2.75, 3.05) is 25.5 Å². The van der Waals surface area contributed by atoms with Crippen LogP contribution in [0.15, 0.2) is 66.2 Å². The number of carbonyl (C=O) groups excluding carboxylic acids is 1. The van der Waals surface area contributed by atoms with Gasteiger partial charge in [-0.15, -0.1) is 6.58 Å². The van der Waals surface area contributed by atoms with E-state index in [-0.39, 0.29) is 18.3 Å². The van der Waals surface area contributed by atoms with Gasteiger partial charge in [0.1, 0.15) is 17.7 Å². The van der Waals surface area contributed by atoms with Crippen LogP contribution >= 0.6 is 11.8 Å². The Morgan fingerprint density at radius 2 is 2.03 bits per heavy atom. The Balaban J connectivity index is 1.58. The molecule has 0 saturated carbocycles. The summed E-state index contributed by atoms with van der Waals surface area (Å²) in [6.07, 6.45) is 2.16. The third-order valence-corrected chi connectivity index (χ3v) is 6.53. The molecule has 2 N–H and O–H groups in total. The molecule has 34 heavy (non-hydrogen) atoms. The van der Waals surface area contributed by atoms with E-state index in [1.165, 1.54) is 12.1 Å². The second-order valence-corrected chi connectivity index (χ2v) is 9.08. The molecule has 2 aromatic rings. The van der Waals surface area contributed by atoms with Gasteiger partial charge in [-0.2, -0.15) is 11.8 Å². The Kier molecular flexibility index (Phi) is 9.53. The highest BCUT2D eigenvalue weighted by Crippen LogP contribution is 2.32. The summed E-state index contributed by atoms with van der Waals surface area (Å²) in [5.41, 5.74) is 0.724. The number of ether oxygens (including phenoxy) is 2. The third-order valence-electron chi connectivity index (χ3n) is 5.50. The molecule has 3 rings (SSSR count). The first kappa shape index (κ1) is 25.8. The van der Waals surface area contributed by atoms with E-state index in [9.17, 15) is 9.18 Å². The minimum Gasteiger partial charge on any atom is -0.494 e. The first-order valence-electron chi connectivity index (χ1n) is 11.3. The van der Waals surface area contributed by atoms with E-state index in [1.807, 2.05) is 31.2 Å². The molecule has 0 fully saturated rings. The molecule has 0 aromatic heterocycles. The molecule has 0 spiro atoms. The first-order chi connectivity index (χ1) is 16.5. The van der Waals surface area contributed by atoms with Gasteiger partial charge in [0.25, 0.3) is 5.91 Å². The summed E-state index contributed by atoms with van der Waals surface area (Å²) in [6, 6.07) is 13.7. The maximum absolute atomic E-state index is 13.2. The quantitative estimate of drug-likeness (QED) is 0.329. The van der Waals surface area contributed by atoms with Crippen molar-refractivity contribution < 1.29 is 23.8 Å². The summed E-state index contributed by atoms with van der Waals surface area (Å²) >= 11 is 1.67. The maximum atomic E-state index is 13.2. The van der Waals surface area contributed by atoms with E-state index in [0.29, 0.717) is 37.6 Å². The molecule has 0 aliphatic carbocycles. The van der Waals surface area contributed by atoms with E-state index >= 15 is 0 Å². The van der Waals surface area contributed by atoms with Crippen LogP contribution in [0.25, 0.3) is 0 Å². The van der Waals surface area contributed by atoms with Crippen LogP contribution < -0.4 is 10.1 Å². The molecule has 8 heteroatoms. The lowest BCUT2D eigenvalue weighted by atomic mass is 9.89. The van der Waals surface area contributed by atoms with Crippen molar-refractivity contribution >= 4 is 23.6 Å². The molecule has 1 aliphatic heterocycles. The van der Waals surface area contributed by atoms with E-state index in [0.717, 1.165) is 22.6 Å². The normalized spacial score (nSPS) is 19.3. The topological polar surface area (TPSA) is 80.2 Å². The highest BCUT2D eigenvalue weighted by Gasteiger charge is 2.49. The number of carbonyl (C=O) groups is 1. The minimum atomic E-state index is -1.07. The SMILES string of the molecule is C=CC[C@@]1(C(=O)NCCSCc2ccc(F)cc2)N=C(c2ccc(OCCCO)cc2)O[C@@H]1C. The number of benzene rings is 2. The molecule has 6 nitrogen and oxygen atoms in total. The van der Waals surface area contributed by atoms with Crippen LogP contribution in [-0.2, 0) is 15.3 Å². The Hall–Kier alpha value is -2.84. The Morgan fingerprint density at radius 3 is 2.71 bits per heavy atom. The van der Waals surface area contributed by atoms with E-state index in [1.54, 1.807) is 30.0 Å². The average Bonchev–Trinajstić information content (AvgIpc) is 3.18. The number of hydrogen-bond donors (Lipinski definition) is 2. The lowest BCUT2D eigenvalue weighted by Gasteiger charge is -2.26. The van der Waals surface area contributed by atoms with Gasteiger partial charge in [-0.05, 0) is 48.9 Å². The number of halogens is 1. The van der Waals surface area contributed by atoms with Crippen molar-refractivity contribution in [1.82, 2.24) is 5.32 Å². The molecule has 1 heterocycles. The largest absolute Gasteiger partial charge is 0.494 e. The number of thioether (sulfide) groups is 1. The first-order valence-corrected chi connectivity index (χ1v) is 12.5. The lowest BCUT2D eigenvalue weighted by Crippen LogP contribution is -2.51. The van der Waals surface area contributed by atoms with Crippen molar-refractivity contribution in [2.45, 2.75) is 37.2 Å². The van der Waals surface area contributed by atoms with Gasteiger partial charge in [-0.3, -0.25) is 4.79 Å². The molecular formula is C26H31FN2O4S. The molecular weight excluding hydrogens is 455 g/mol. The van der Waals surface area contributed by atoms with E-state index in [2.05, 4.69) is 11.9 Å². The molecule has 0 unspecified atom stereocenters. The van der Waals surface area contributed by atoms with Crippen molar-refractivity contribution in [1.29, 1.82) is 0 Å². The zero-order chi connectivity index (χ0) is 24.4. The molecule has 1 aliphatic rings. The molecule has 182 valence electrons. The second-order valence-electron chi connectivity index (χ2n) is 7.98. The number of aliphatic hydroxyl groups excluding tert-OH is 1. The van der Waals surface area contributed by atoms with Crippen molar-refractivity contribution in [2.24, 2.45) is 4.99 Å². The average molecular weight is 487 g/mol. The van der Waals surface area contributed by atoms with E-state index < -0.39 is 11.6 Å². The maximum Gasteiger partial charge on any atom is 0.252 e. The predicted molar refractivity (Wildman–Crippen MR) is 134 cm³/mol. The summed E-state index contributed by atoms with van der Waals surface area (Å²) in [4.78, 5) is 17.9. The van der Waals surface area contributed by atoms with Gasteiger partial charge in [0.05, 0.1) is 6.61 Å². The number of amides is 1. The monoisotopic (exact) mass is 486 g/mol. The summed E-state index contributed by atoms with van der Waals surface area (Å²) < 4.78 is 24.6. The van der Waals surface area contributed by atoms with Crippen LogP contribution in [0.2, 0.25) is 0 Å². The van der Waals surface area contributed by atoms with Gasteiger partial charge in [0.2, 0.25) is 5.90 Å². The summed E-state index contributed by atoms with van der Waals surface area (Å²) in [5.74, 6) is 2.13. The molecule has 0 bridgehead atoms. The van der Waals surface area contributed by atoms with Gasteiger partial charge < -0.3 is 19.9 Å². The third kappa shape index (κ3) is 6.61. The van der Waals surface area contributed by atoms with Crippen LogP contribution in [0.4, 0.5) is 4.39 Å². The Bertz CT molecular complexity index is 981. The van der Waals surface area contributed by atoms with Gasteiger partial charge >= 0.3 is 0 Å². The van der Waals surface area contributed by atoms with Crippen molar-refractivity contribution in [3.63, 3.8) is 0 Å². The Morgan fingerprint density at radius 1 is 1.29 bits per heavy atom. The van der Waals surface area contributed by atoms with Crippen LogP contribution in [0.3, 0.4) is 0 Å². The zero-order valence-corrected chi connectivity index (χ0v) is 20.2. The highest BCUT2D eigenvalue weighted by molar-refractivity contribution is 7.98. The number of hydrogen-bond acceptors (Lipinski definition) is 6. The number of aliphatic imine (C=N–C) groups is 1. The smallest absolute Gasteiger partial charge is 0.252 e. The fourth-order valence-electron chi connectivity index (χ4n) is 3.56. The molecule has 1 amide bonds. The number of rotatable bonds is 13. The predicted octanol–water partition coefficient (Wildman–Crippen LogP) is 4.12. The van der Waals surface area contributed by atoms with Gasteiger partial charge in [-0.1, -0.05) is 18.2 Å². The van der Waals surface area contributed by atoms with Crippen molar-refractivity contribution in [3.8, 4) is 5.75 Å². The van der Waals surface area contributed by atoms with E-state index in [4.69, 9.17) is 19.6 Å². The molecule has 0 saturated heterocycles. The fourth-order valence-corrected chi connectivity index (χ4v) is 4.38. The number of aliphatic hydroxyl groups is 1. The lowest BCUT2D eigenvalue weighted by molar-refractivity contribution is -0.128. The van der Waals surface area contributed by atoms with Crippen molar-refractivity contribution in [3.05, 3.63) is 78.1 Å². The standard InChI is InChI=1S/C26H31FN2O4S/c1-3-13-26(25(31)28-14-17-34-18-20-5-9-22(27)10-6-20)19(2)33-24(29-26)21-7-11-23(12-8-21)32-16-4-15-30/h3,5-12,19,30H,1,4,13-18H2,2H3,(H,28,31)/t19-,26-/m1/s1. The zero-order valence-electron chi connectivity index (χ0n) is 19.3. The second kappa shape index (κ2) is 12.6. The van der Waals surface area contributed by atoms with Gasteiger partial charge in [0.15, 0.2) is 5.54 Å². The molecule has 0 radical (unpaired) electrons. The summed E-state index contributed by atoms with van der Waals surface area (Å²) in [5, 5.41) is 11.9. The minimum absolute atomic E-state index is 0.0843. The van der Waals surface area contributed by atoms with Crippen LogP contribution in [0.1, 0.15) is 30.9 Å². The summed E-state index contributed by atoms with van der Waals surface area (Å²) in [6.45, 7) is 6.66. The van der Waals surface area contributed by atoms with Gasteiger partial charge in [0, 0.05) is 43.1 Å². The number of nitrogens with one attached hydrogen (secondary N) is 1. The molecule has 2 aromatic carbocycles. The molecule has 2 atom stereocenters. The highest BCUT2D eigenvalue weighted by atomic mass is 32.2. The fraction of sp³-hybridized carbons (Fsp3) is 0.385. The van der Waals surface area contributed by atoms with Gasteiger partial charge in [-0.25, -0.2) is 9.38 Å². The van der Waals surface area contributed by atoms with Crippen LogP contribution in [-0.4, -0.2) is 54.1 Å². The Labute approximate surface area is 204 Å². The summed E-state index contributed by atoms with van der Waals surface area (Å²) in [7, 11) is 0. The van der Waals surface area contributed by atoms with Crippen LogP contribution in [0.5, 0.6) is 5.75 Å².